The van der Waals surface area contributed by atoms with Crippen LogP contribution in [0.2, 0.25) is 0 Å². The van der Waals surface area contributed by atoms with Gasteiger partial charge < -0.3 is 4.90 Å². The third kappa shape index (κ3) is 2.37. The van der Waals surface area contributed by atoms with E-state index in [1.54, 1.807) is 18.2 Å². The maximum Gasteiger partial charge on any atom is 0.389 e. The van der Waals surface area contributed by atoms with Crippen LogP contribution in [0.1, 0.15) is 23.2 Å². The Bertz CT molecular complexity index is 496. The second-order valence-corrected chi connectivity index (χ2v) is 4.02. The first kappa shape index (κ1) is 12.6. The first-order valence-corrected chi connectivity index (χ1v) is 5.42. The van der Waals surface area contributed by atoms with Gasteiger partial charge in [-0.25, -0.2) is 0 Å². The van der Waals surface area contributed by atoms with E-state index >= 15 is 0 Å². The Morgan fingerprint density at radius 3 is 2.44 bits per heavy atom. The molecule has 0 aromatic heterocycles. The van der Waals surface area contributed by atoms with Crippen LogP contribution in [-0.2, 0) is 4.79 Å². The number of halogens is 3. The van der Waals surface area contributed by atoms with Crippen LogP contribution in [0.25, 0.3) is 0 Å². The highest BCUT2D eigenvalue weighted by Gasteiger charge is 2.36. The number of carbonyl (C=O) groups excluding carboxylic acids is 2. The number of nitrogens with zero attached hydrogens (tertiary/aromatic N) is 1. The number of amides is 1. The van der Waals surface area contributed by atoms with Crippen molar-refractivity contribution in [3.05, 3.63) is 29.8 Å². The van der Waals surface area contributed by atoms with Crippen molar-refractivity contribution in [2.45, 2.75) is 19.0 Å². The van der Waals surface area contributed by atoms with Crippen LogP contribution < -0.4 is 4.90 Å². The van der Waals surface area contributed by atoms with Gasteiger partial charge in [-0.2, -0.15) is 13.2 Å². The number of benzene rings is 1. The molecule has 1 aromatic rings. The molecule has 0 aliphatic carbocycles. The standard InChI is InChI=1S/C12H10F3NO2/c13-12(14,15)6-3-7-16-9-5-2-1-4-8(9)10(17)11(16)18/h1-2,4-5H,3,6-7H2. The molecule has 0 spiro atoms. The molecule has 1 amide bonds. The molecule has 6 heteroatoms. The van der Waals surface area contributed by atoms with Crippen LogP contribution in [0.4, 0.5) is 18.9 Å². The lowest BCUT2D eigenvalue weighted by Gasteiger charge is -2.16. The average molecular weight is 257 g/mol. The highest BCUT2D eigenvalue weighted by Crippen LogP contribution is 2.29. The van der Waals surface area contributed by atoms with Gasteiger partial charge in [-0.3, -0.25) is 9.59 Å². The van der Waals surface area contributed by atoms with E-state index in [1.807, 2.05) is 0 Å². The summed E-state index contributed by atoms with van der Waals surface area (Å²) in [5.74, 6) is -1.41. The Morgan fingerprint density at radius 1 is 1.11 bits per heavy atom. The summed E-state index contributed by atoms with van der Waals surface area (Å²) in [6.07, 6.45) is -5.42. The van der Waals surface area contributed by atoms with E-state index in [9.17, 15) is 22.8 Å². The van der Waals surface area contributed by atoms with Crippen LogP contribution in [0.3, 0.4) is 0 Å². The van der Waals surface area contributed by atoms with Crippen molar-refractivity contribution in [1.82, 2.24) is 0 Å². The summed E-state index contributed by atoms with van der Waals surface area (Å²) in [5, 5.41) is 0. The first-order valence-electron chi connectivity index (χ1n) is 5.42. The fourth-order valence-corrected chi connectivity index (χ4v) is 1.91. The number of fused-ring (bicyclic) bond motifs is 1. The first-order chi connectivity index (χ1) is 8.40. The highest BCUT2D eigenvalue weighted by atomic mass is 19.4. The molecule has 1 aromatic carbocycles. The third-order valence-corrected chi connectivity index (χ3v) is 2.72. The Labute approximate surface area is 101 Å². The van der Waals surface area contributed by atoms with E-state index in [4.69, 9.17) is 0 Å². The number of ketones is 1. The van der Waals surface area contributed by atoms with Gasteiger partial charge >= 0.3 is 6.18 Å². The fraction of sp³-hybridized carbons (Fsp3) is 0.333. The van der Waals surface area contributed by atoms with Gasteiger partial charge in [-0.15, -0.1) is 0 Å². The quantitative estimate of drug-likeness (QED) is 0.780. The van der Waals surface area contributed by atoms with Crippen molar-refractivity contribution >= 4 is 17.4 Å². The summed E-state index contributed by atoms with van der Waals surface area (Å²) in [5.41, 5.74) is 0.657. The number of alkyl halides is 3. The average Bonchev–Trinajstić information content (AvgIpc) is 2.53. The second-order valence-electron chi connectivity index (χ2n) is 4.02. The molecule has 0 fully saturated rings. The maximum atomic E-state index is 12.0. The number of hydrogen-bond acceptors (Lipinski definition) is 2. The smallest absolute Gasteiger partial charge is 0.305 e. The lowest BCUT2D eigenvalue weighted by molar-refractivity contribution is -0.135. The molecule has 0 saturated carbocycles. The lowest BCUT2D eigenvalue weighted by Crippen LogP contribution is -2.31. The second kappa shape index (κ2) is 4.44. The summed E-state index contributed by atoms with van der Waals surface area (Å²) in [6, 6.07) is 6.32. The number of para-hydroxylation sites is 1. The predicted octanol–water partition coefficient (Wildman–Crippen LogP) is 2.56. The lowest BCUT2D eigenvalue weighted by atomic mass is 10.1. The molecule has 18 heavy (non-hydrogen) atoms. The Hall–Kier alpha value is -1.85. The van der Waals surface area contributed by atoms with Gasteiger partial charge in [0.15, 0.2) is 0 Å². The molecule has 0 radical (unpaired) electrons. The molecular formula is C12H10F3NO2. The van der Waals surface area contributed by atoms with Gasteiger partial charge in [0.05, 0.1) is 11.3 Å². The van der Waals surface area contributed by atoms with Gasteiger partial charge in [0.1, 0.15) is 0 Å². The zero-order valence-corrected chi connectivity index (χ0v) is 9.33. The third-order valence-electron chi connectivity index (χ3n) is 2.72. The van der Waals surface area contributed by atoms with Crippen LogP contribution in [0.15, 0.2) is 24.3 Å². The van der Waals surface area contributed by atoms with Crippen LogP contribution >= 0.6 is 0 Å². The number of anilines is 1. The van der Waals surface area contributed by atoms with Crippen molar-refractivity contribution in [1.29, 1.82) is 0 Å². The molecule has 0 N–H and O–H groups in total. The predicted molar refractivity (Wildman–Crippen MR) is 58.4 cm³/mol. The molecule has 1 aliphatic heterocycles. The fourth-order valence-electron chi connectivity index (χ4n) is 1.91. The molecule has 96 valence electrons. The largest absolute Gasteiger partial charge is 0.389 e. The summed E-state index contributed by atoms with van der Waals surface area (Å²) < 4.78 is 36.1. The minimum atomic E-state index is -4.24. The van der Waals surface area contributed by atoms with E-state index in [2.05, 4.69) is 0 Å². The Kier molecular flexibility index (Phi) is 3.11. The maximum absolute atomic E-state index is 12.0. The molecule has 1 aliphatic rings. The molecule has 0 unspecified atom stereocenters. The zero-order chi connectivity index (χ0) is 13.3. The van der Waals surface area contributed by atoms with E-state index in [0.717, 1.165) is 4.90 Å². The number of rotatable bonds is 3. The topological polar surface area (TPSA) is 37.4 Å². The Morgan fingerprint density at radius 2 is 1.78 bits per heavy atom. The van der Waals surface area contributed by atoms with Crippen molar-refractivity contribution in [2.24, 2.45) is 0 Å². The molecule has 2 rings (SSSR count). The summed E-state index contributed by atoms with van der Waals surface area (Å²) in [6.45, 7) is -0.0961. The monoisotopic (exact) mass is 257 g/mol. The van der Waals surface area contributed by atoms with Gasteiger partial charge in [-0.05, 0) is 18.6 Å². The molecule has 0 bridgehead atoms. The van der Waals surface area contributed by atoms with Crippen LogP contribution in [-0.4, -0.2) is 24.4 Å². The highest BCUT2D eigenvalue weighted by molar-refractivity contribution is 6.52. The molecular weight excluding hydrogens is 247 g/mol. The summed E-state index contributed by atoms with van der Waals surface area (Å²) >= 11 is 0. The SMILES string of the molecule is O=C1C(=O)N(CCCC(F)(F)F)c2ccccc21. The minimum absolute atomic E-state index is 0.0961. The van der Waals surface area contributed by atoms with Gasteiger partial charge in [-0.1, -0.05) is 12.1 Å². The van der Waals surface area contributed by atoms with Gasteiger partial charge in [0, 0.05) is 13.0 Å². The van der Waals surface area contributed by atoms with Crippen molar-refractivity contribution in [3.8, 4) is 0 Å². The minimum Gasteiger partial charge on any atom is -0.305 e. The molecule has 1 heterocycles. The molecule has 3 nitrogen and oxygen atoms in total. The van der Waals surface area contributed by atoms with Gasteiger partial charge in [0.2, 0.25) is 0 Å². The molecule has 0 saturated heterocycles. The van der Waals surface area contributed by atoms with Crippen molar-refractivity contribution in [3.63, 3.8) is 0 Å². The van der Waals surface area contributed by atoms with Crippen molar-refractivity contribution < 1.29 is 22.8 Å². The number of hydrogen-bond donors (Lipinski definition) is 0. The molecule has 0 atom stereocenters. The van der Waals surface area contributed by atoms with E-state index in [1.165, 1.54) is 6.07 Å². The number of carbonyl (C=O) groups is 2. The van der Waals surface area contributed by atoms with Crippen LogP contribution in [0, 0.1) is 0 Å². The normalized spacial score (nSPS) is 15.2. The van der Waals surface area contributed by atoms with Crippen molar-refractivity contribution in [2.75, 3.05) is 11.4 Å². The Balaban J connectivity index is 2.10. The zero-order valence-electron chi connectivity index (χ0n) is 9.33. The van der Waals surface area contributed by atoms with Gasteiger partial charge in [0.25, 0.3) is 11.7 Å². The van der Waals surface area contributed by atoms with E-state index < -0.39 is 24.3 Å². The van der Waals surface area contributed by atoms with E-state index in [0.29, 0.717) is 5.69 Å². The summed E-state index contributed by atoms with van der Waals surface area (Å²) in [7, 11) is 0. The van der Waals surface area contributed by atoms with E-state index in [-0.39, 0.29) is 18.5 Å². The number of Topliss-reactive ketones (excluding diaryl/α,β-unsaturated/α-hetero) is 1. The van der Waals surface area contributed by atoms with Crippen LogP contribution in [0.5, 0.6) is 0 Å². The summed E-state index contributed by atoms with van der Waals surface area (Å²) in [4.78, 5) is 24.3.